The van der Waals surface area contributed by atoms with Crippen LogP contribution in [0.5, 0.6) is 0 Å². The van der Waals surface area contributed by atoms with Gasteiger partial charge in [-0.05, 0) is 108 Å². The van der Waals surface area contributed by atoms with E-state index in [2.05, 4.69) is 30.6 Å². The van der Waals surface area contributed by atoms with Crippen LogP contribution in [0.4, 0.5) is 0 Å². The minimum absolute atomic E-state index is 0.0223. The molecule has 1 spiro atoms. The molecule has 0 unspecified atom stereocenters. The van der Waals surface area contributed by atoms with E-state index in [0.29, 0.717) is 24.8 Å². The maximum Gasteiger partial charge on any atom is 0.225 e. The van der Waals surface area contributed by atoms with Crippen LogP contribution >= 0.6 is 0 Å². The molecule has 0 aromatic rings. The maximum absolute atomic E-state index is 12.9. The molecule has 4 N–H and O–H groups in total. The molecule has 3 aliphatic heterocycles. The van der Waals surface area contributed by atoms with Gasteiger partial charge in [-0.3, -0.25) is 14.4 Å². The van der Waals surface area contributed by atoms with Gasteiger partial charge in [0.05, 0.1) is 49.0 Å². The molecule has 0 aromatic heterocycles. The van der Waals surface area contributed by atoms with E-state index in [4.69, 9.17) is 14.2 Å². The highest BCUT2D eigenvalue weighted by molar-refractivity contribution is 5.89. The Morgan fingerprint density at radius 1 is 0.900 bits per heavy atom. The summed E-state index contributed by atoms with van der Waals surface area (Å²) in [6.45, 7) is 14.2. The predicted molar refractivity (Wildman–Crippen MR) is 195 cm³/mol. The summed E-state index contributed by atoms with van der Waals surface area (Å²) in [6, 6.07) is 0. The van der Waals surface area contributed by atoms with Gasteiger partial charge < -0.3 is 35.1 Å². The lowest BCUT2D eigenvalue weighted by Gasteiger charge is -2.48. The molecule has 0 radical (unpaired) electrons. The highest BCUT2D eigenvalue weighted by atomic mass is 16.7. The van der Waals surface area contributed by atoms with Gasteiger partial charge in [-0.15, -0.1) is 0 Å². The highest BCUT2D eigenvalue weighted by Gasteiger charge is 2.44. The minimum atomic E-state index is -1.02. The lowest BCUT2D eigenvalue weighted by molar-refractivity contribution is -0.324. The zero-order valence-corrected chi connectivity index (χ0v) is 32.0. The molecule has 0 aliphatic carbocycles. The Bertz CT molecular complexity index is 1140. The molecule has 0 saturated carbocycles. The van der Waals surface area contributed by atoms with Crippen LogP contribution < -0.4 is 10.6 Å². The number of aliphatic hydroxyl groups excluding tert-OH is 2. The van der Waals surface area contributed by atoms with E-state index in [9.17, 15) is 24.6 Å². The fourth-order valence-corrected chi connectivity index (χ4v) is 7.51. The fraction of sp³-hybridized carbons (Fsp3) is 0.825. The van der Waals surface area contributed by atoms with Crippen molar-refractivity contribution in [3.8, 4) is 0 Å². The van der Waals surface area contributed by atoms with Gasteiger partial charge in [-0.1, -0.05) is 39.8 Å². The number of ketones is 1. The van der Waals surface area contributed by atoms with Crippen molar-refractivity contribution in [3.05, 3.63) is 23.8 Å². The molecule has 50 heavy (non-hydrogen) atoms. The summed E-state index contributed by atoms with van der Waals surface area (Å²) in [5.74, 6) is -0.680. The molecular weight excluding hydrogens is 636 g/mol. The second-order valence-electron chi connectivity index (χ2n) is 15.7. The summed E-state index contributed by atoms with van der Waals surface area (Å²) in [5.41, 5.74) is 1.01. The predicted octanol–water partition coefficient (Wildman–Crippen LogP) is 5.93. The van der Waals surface area contributed by atoms with E-state index in [1.54, 1.807) is 26.0 Å². The summed E-state index contributed by atoms with van der Waals surface area (Å²) >= 11 is 0. The van der Waals surface area contributed by atoms with Crippen LogP contribution in [0.15, 0.2) is 23.8 Å². The smallest absolute Gasteiger partial charge is 0.225 e. The van der Waals surface area contributed by atoms with Crippen LogP contribution in [-0.2, 0) is 28.6 Å². The summed E-state index contributed by atoms with van der Waals surface area (Å²) in [7, 11) is 0. The lowest BCUT2D eigenvalue weighted by atomic mass is 9.85. The van der Waals surface area contributed by atoms with Crippen molar-refractivity contribution >= 4 is 17.6 Å². The van der Waals surface area contributed by atoms with Crippen molar-refractivity contribution in [2.24, 2.45) is 23.7 Å². The van der Waals surface area contributed by atoms with Crippen LogP contribution in [0.3, 0.4) is 0 Å². The summed E-state index contributed by atoms with van der Waals surface area (Å²) in [5, 5.41) is 26.2. The molecule has 2 amide bonds. The molecule has 10 heteroatoms. The van der Waals surface area contributed by atoms with Crippen LogP contribution in [-0.4, -0.2) is 83.3 Å². The standard InChI is InChI=1S/C40H68N2O8/c1-8-11-32(44)23-34-17-15-27(3)37(48-34)24-38(46)42-25-35(45)30(6)39(47)41-21-10-13-36-28(4)18-20-40(50-36)19-9-12-33(49-40)16-14-26(2)22-29(5)31(7)43/h8,11,22,26-28,30-31,33-37,43,45H,9-10,12-21,23-25H2,1-7H3,(H,41,47)(H,42,46)/t26-,27-,28-,30-,31-,33-,34+,35-,36+,37-,40-/m0/s1. The first-order valence-corrected chi connectivity index (χ1v) is 19.5. The third kappa shape index (κ3) is 13.8. The zero-order chi connectivity index (χ0) is 36.8. The summed E-state index contributed by atoms with van der Waals surface area (Å²) in [4.78, 5) is 37.6. The molecule has 11 atom stereocenters. The van der Waals surface area contributed by atoms with Crippen molar-refractivity contribution in [2.75, 3.05) is 13.1 Å². The number of hydrogen-bond acceptors (Lipinski definition) is 8. The number of amides is 2. The van der Waals surface area contributed by atoms with Crippen molar-refractivity contribution in [1.29, 1.82) is 0 Å². The number of ether oxygens (including phenoxy) is 3. The Kier molecular flexibility index (Phi) is 17.6. The van der Waals surface area contributed by atoms with Crippen molar-refractivity contribution in [2.45, 2.75) is 174 Å². The first-order chi connectivity index (χ1) is 23.7. The van der Waals surface area contributed by atoms with Crippen molar-refractivity contribution in [3.63, 3.8) is 0 Å². The molecule has 3 rings (SSSR count). The van der Waals surface area contributed by atoms with Gasteiger partial charge in [-0.2, -0.15) is 0 Å². The Balaban J connectivity index is 1.36. The third-order valence-electron chi connectivity index (χ3n) is 11.2. The molecule has 0 bridgehead atoms. The van der Waals surface area contributed by atoms with Crippen molar-refractivity contribution in [1.82, 2.24) is 10.6 Å². The van der Waals surface area contributed by atoms with Crippen LogP contribution in [0.1, 0.15) is 132 Å². The molecular formula is C40H68N2O8. The Hall–Kier alpha value is -2.11. The molecule has 286 valence electrons. The highest BCUT2D eigenvalue weighted by Crippen LogP contribution is 2.43. The quantitative estimate of drug-likeness (QED) is 0.0782. The molecule has 0 aromatic carbocycles. The van der Waals surface area contributed by atoms with E-state index >= 15 is 0 Å². The number of allylic oxidation sites excluding steroid dienone is 3. The van der Waals surface area contributed by atoms with Crippen LogP contribution in [0, 0.1) is 23.7 Å². The van der Waals surface area contributed by atoms with E-state index in [1.165, 1.54) is 0 Å². The van der Waals surface area contributed by atoms with Gasteiger partial charge >= 0.3 is 0 Å². The second kappa shape index (κ2) is 20.8. The Morgan fingerprint density at radius 2 is 1.64 bits per heavy atom. The average molecular weight is 705 g/mol. The van der Waals surface area contributed by atoms with E-state index in [1.807, 2.05) is 20.8 Å². The SMILES string of the molecule is CC=CC(=O)C[C@H]1CC[C@H](C)[C@H](CC(=O)NC[C@H](O)[C@H](C)C(=O)NCCC[C@H]2O[C@@]3(CCC[C@@H](CC[C@H](C)C=C(C)[C@H](C)O)O3)CC[C@@H]2C)O1. The van der Waals surface area contributed by atoms with Gasteiger partial charge in [-0.25, -0.2) is 0 Å². The normalized spacial score (nSPS) is 31.6. The average Bonchev–Trinajstić information content (AvgIpc) is 3.07. The van der Waals surface area contributed by atoms with Crippen LogP contribution in [0.2, 0.25) is 0 Å². The number of aliphatic hydroxyl groups is 2. The summed E-state index contributed by atoms with van der Waals surface area (Å²) < 4.78 is 19.5. The lowest BCUT2D eigenvalue weighted by Crippen LogP contribution is -2.50. The molecule has 10 nitrogen and oxygen atoms in total. The third-order valence-corrected chi connectivity index (χ3v) is 11.2. The number of carbonyl (C=O) groups is 3. The second-order valence-corrected chi connectivity index (χ2v) is 15.7. The molecule has 3 aliphatic rings. The van der Waals surface area contributed by atoms with Gasteiger partial charge in [0, 0.05) is 32.4 Å². The van der Waals surface area contributed by atoms with E-state index < -0.39 is 23.9 Å². The minimum Gasteiger partial charge on any atom is -0.390 e. The zero-order valence-electron chi connectivity index (χ0n) is 32.0. The van der Waals surface area contributed by atoms with Gasteiger partial charge in [0.2, 0.25) is 11.8 Å². The number of hydrogen-bond donors (Lipinski definition) is 4. The first kappa shape index (κ1) is 42.3. The number of carbonyl (C=O) groups excluding carboxylic acids is 3. The summed E-state index contributed by atoms with van der Waals surface area (Å²) in [6.07, 6.45) is 14.5. The fourth-order valence-electron chi connectivity index (χ4n) is 7.51. The monoisotopic (exact) mass is 704 g/mol. The molecule has 3 heterocycles. The van der Waals surface area contributed by atoms with Crippen molar-refractivity contribution < 1.29 is 38.8 Å². The Labute approximate surface area is 301 Å². The largest absolute Gasteiger partial charge is 0.390 e. The first-order valence-electron chi connectivity index (χ1n) is 19.5. The topological polar surface area (TPSA) is 143 Å². The van der Waals surface area contributed by atoms with E-state index in [0.717, 1.165) is 76.2 Å². The van der Waals surface area contributed by atoms with E-state index in [-0.39, 0.29) is 60.9 Å². The molecule has 3 saturated heterocycles. The maximum atomic E-state index is 12.9. The Morgan fingerprint density at radius 3 is 2.36 bits per heavy atom. The molecule has 3 fully saturated rings. The van der Waals surface area contributed by atoms with Gasteiger partial charge in [0.25, 0.3) is 0 Å². The number of rotatable bonds is 18. The van der Waals surface area contributed by atoms with Gasteiger partial charge in [0.1, 0.15) is 0 Å². The van der Waals surface area contributed by atoms with Crippen LogP contribution in [0.25, 0.3) is 0 Å². The van der Waals surface area contributed by atoms with Gasteiger partial charge in [0.15, 0.2) is 11.6 Å². The number of nitrogens with one attached hydrogen (secondary N) is 2.